The zero-order chi connectivity index (χ0) is 19.1. The minimum Gasteiger partial charge on any atom is -0.350 e. The SMILES string of the molecule is CCCCc1nc2cnc3cnccc3c2n1CC1(C)COC(C)(C)OC1. The van der Waals surface area contributed by atoms with Crippen molar-refractivity contribution in [2.24, 2.45) is 5.41 Å². The average Bonchev–Trinajstić information content (AvgIpc) is 3.00. The lowest BCUT2D eigenvalue weighted by Gasteiger charge is -2.41. The summed E-state index contributed by atoms with van der Waals surface area (Å²) in [6.45, 7) is 10.5. The molecule has 6 heteroatoms. The summed E-state index contributed by atoms with van der Waals surface area (Å²) in [6.07, 6.45) is 8.72. The summed E-state index contributed by atoms with van der Waals surface area (Å²) < 4.78 is 14.3. The fourth-order valence-corrected chi connectivity index (χ4v) is 3.66. The Morgan fingerprint density at radius 2 is 1.89 bits per heavy atom. The molecule has 0 N–H and O–H groups in total. The van der Waals surface area contributed by atoms with Crippen molar-refractivity contribution < 1.29 is 9.47 Å². The predicted octanol–water partition coefficient (Wildman–Crippen LogP) is 4.11. The summed E-state index contributed by atoms with van der Waals surface area (Å²) in [5.41, 5.74) is 2.88. The number of rotatable bonds is 5. The molecule has 0 aromatic carbocycles. The van der Waals surface area contributed by atoms with Gasteiger partial charge in [0.1, 0.15) is 11.3 Å². The van der Waals surface area contributed by atoms with Crippen LogP contribution >= 0.6 is 0 Å². The Bertz CT molecular complexity index is 953. The zero-order valence-electron chi connectivity index (χ0n) is 16.7. The van der Waals surface area contributed by atoms with E-state index in [1.807, 2.05) is 38.5 Å². The first kappa shape index (κ1) is 18.3. The third-order valence-electron chi connectivity index (χ3n) is 5.28. The molecule has 0 bridgehead atoms. The zero-order valence-corrected chi connectivity index (χ0v) is 16.7. The van der Waals surface area contributed by atoms with Gasteiger partial charge in [-0.3, -0.25) is 9.97 Å². The van der Waals surface area contributed by atoms with Crippen LogP contribution in [0.4, 0.5) is 0 Å². The number of hydrogen-bond acceptors (Lipinski definition) is 5. The summed E-state index contributed by atoms with van der Waals surface area (Å²) in [5, 5.41) is 1.10. The molecule has 4 rings (SSSR count). The second-order valence-electron chi connectivity index (χ2n) is 8.39. The van der Waals surface area contributed by atoms with Crippen LogP contribution < -0.4 is 0 Å². The Labute approximate surface area is 159 Å². The van der Waals surface area contributed by atoms with Crippen molar-refractivity contribution in [2.45, 2.75) is 59.3 Å². The Kier molecular flexibility index (Phi) is 4.64. The highest BCUT2D eigenvalue weighted by atomic mass is 16.7. The summed E-state index contributed by atoms with van der Waals surface area (Å²) >= 11 is 0. The van der Waals surface area contributed by atoms with Gasteiger partial charge in [-0.25, -0.2) is 4.98 Å². The van der Waals surface area contributed by atoms with Crippen molar-refractivity contribution in [3.8, 4) is 0 Å². The van der Waals surface area contributed by atoms with Gasteiger partial charge in [0.2, 0.25) is 0 Å². The minimum atomic E-state index is -0.510. The van der Waals surface area contributed by atoms with Crippen molar-refractivity contribution >= 4 is 21.9 Å². The highest BCUT2D eigenvalue weighted by Gasteiger charge is 2.37. The highest BCUT2D eigenvalue weighted by molar-refractivity contribution is 6.01. The van der Waals surface area contributed by atoms with E-state index in [0.29, 0.717) is 13.2 Å². The standard InChI is InChI=1S/C21H28N4O2/c1-5-6-7-18-24-17-11-23-16-10-22-9-8-15(16)19(17)25(18)12-21(4)13-26-20(2,3)27-14-21/h8-11H,5-7,12-14H2,1-4H3. The van der Waals surface area contributed by atoms with Gasteiger partial charge in [-0.2, -0.15) is 0 Å². The molecule has 3 aromatic rings. The number of pyridine rings is 2. The molecule has 6 nitrogen and oxygen atoms in total. The van der Waals surface area contributed by atoms with Crippen molar-refractivity contribution in [1.82, 2.24) is 19.5 Å². The van der Waals surface area contributed by atoms with E-state index in [-0.39, 0.29) is 5.41 Å². The van der Waals surface area contributed by atoms with Crippen molar-refractivity contribution in [2.75, 3.05) is 13.2 Å². The van der Waals surface area contributed by atoms with Crippen LogP contribution in [-0.4, -0.2) is 38.5 Å². The molecule has 1 saturated heterocycles. The lowest BCUT2D eigenvalue weighted by atomic mass is 9.91. The number of unbranched alkanes of at least 4 members (excludes halogenated alkanes) is 1. The van der Waals surface area contributed by atoms with E-state index in [2.05, 4.69) is 28.4 Å². The van der Waals surface area contributed by atoms with Gasteiger partial charge in [0, 0.05) is 30.0 Å². The molecule has 1 fully saturated rings. The van der Waals surface area contributed by atoms with E-state index in [1.54, 1.807) is 0 Å². The molecule has 1 aliphatic heterocycles. The molecule has 3 aromatic heterocycles. The third-order valence-corrected chi connectivity index (χ3v) is 5.28. The van der Waals surface area contributed by atoms with Crippen LogP contribution in [0.15, 0.2) is 24.7 Å². The minimum absolute atomic E-state index is 0.104. The maximum absolute atomic E-state index is 5.97. The molecule has 4 heterocycles. The second-order valence-corrected chi connectivity index (χ2v) is 8.39. The smallest absolute Gasteiger partial charge is 0.162 e. The fraction of sp³-hybridized carbons (Fsp3) is 0.571. The van der Waals surface area contributed by atoms with Crippen LogP contribution in [0.2, 0.25) is 0 Å². The number of nitrogens with zero attached hydrogens (tertiary/aromatic N) is 4. The number of fused-ring (bicyclic) bond motifs is 3. The van der Waals surface area contributed by atoms with Crippen molar-refractivity contribution in [3.05, 3.63) is 30.5 Å². The van der Waals surface area contributed by atoms with Gasteiger partial charge in [0.05, 0.1) is 36.6 Å². The maximum Gasteiger partial charge on any atom is 0.162 e. The van der Waals surface area contributed by atoms with E-state index in [0.717, 1.165) is 53.6 Å². The molecule has 0 radical (unpaired) electrons. The topological polar surface area (TPSA) is 62.1 Å². The van der Waals surface area contributed by atoms with Crippen LogP contribution in [0.1, 0.15) is 46.4 Å². The Balaban J connectivity index is 1.80. The molecular weight excluding hydrogens is 340 g/mol. The molecule has 0 unspecified atom stereocenters. The molecule has 0 saturated carbocycles. The maximum atomic E-state index is 5.97. The van der Waals surface area contributed by atoms with Crippen LogP contribution in [0.25, 0.3) is 21.9 Å². The highest BCUT2D eigenvalue weighted by Crippen LogP contribution is 2.34. The van der Waals surface area contributed by atoms with E-state index in [1.165, 1.54) is 0 Å². The molecule has 0 spiro atoms. The van der Waals surface area contributed by atoms with E-state index >= 15 is 0 Å². The molecule has 144 valence electrons. The Hall–Kier alpha value is -2.05. The summed E-state index contributed by atoms with van der Waals surface area (Å²) in [4.78, 5) is 13.7. The monoisotopic (exact) mass is 368 g/mol. The number of ether oxygens (including phenoxy) is 2. The first-order chi connectivity index (χ1) is 12.9. The largest absolute Gasteiger partial charge is 0.350 e. The molecule has 27 heavy (non-hydrogen) atoms. The predicted molar refractivity (Wildman–Crippen MR) is 106 cm³/mol. The number of hydrogen-bond donors (Lipinski definition) is 0. The van der Waals surface area contributed by atoms with Crippen LogP contribution in [0, 0.1) is 5.41 Å². The van der Waals surface area contributed by atoms with Crippen LogP contribution in [0.3, 0.4) is 0 Å². The molecule has 0 atom stereocenters. The average molecular weight is 368 g/mol. The molecule has 0 aliphatic carbocycles. The lowest BCUT2D eigenvalue weighted by molar-refractivity contribution is -0.284. The molecule has 1 aliphatic rings. The van der Waals surface area contributed by atoms with Gasteiger partial charge >= 0.3 is 0 Å². The van der Waals surface area contributed by atoms with E-state index < -0.39 is 5.79 Å². The molecular formula is C21H28N4O2. The van der Waals surface area contributed by atoms with Crippen LogP contribution in [-0.2, 0) is 22.4 Å². The second kappa shape index (κ2) is 6.84. The quantitative estimate of drug-likeness (QED) is 0.678. The number of aromatic nitrogens is 4. The first-order valence-electron chi connectivity index (χ1n) is 9.77. The van der Waals surface area contributed by atoms with Gasteiger partial charge in [-0.05, 0) is 26.3 Å². The third kappa shape index (κ3) is 3.56. The lowest BCUT2D eigenvalue weighted by Crippen LogP contribution is -2.47. The number of imidazole rings is 1. The van der Waals surface area contributed by atoms with Crippen molar-refractivity contribution in [3.63, 3.8) is 0 Å². The molecule has 0 amide bonds. The van der Waals surface area contributed by atoms with E-state index in [4.69, 9.17) is 14.5 Å². The van der Waals surface area contributed by atoms with Gasteiger partial charge in [-0.15, -0.1) is 0 Å². The summed E-state index contributed by atoms with van der Waals surface area (Å²) in [5.74, 6) is 0.605. The van der Waals surface area contributed by atoms with Gasteiger partial charge in [-0.1, -0.05) is 20.3 Å². The summed E-state index contributed by atoms with van der Waals surface area (Å²) in [7, 11) is 0. The Morgan fingerprint density at radius 3 is 2.63 bits per heavy atom. The first-order valence-corrected chi connectivity index (χ1v) is 9.77. The van der Waals surface area contributed by atoms with E-state index in [9.17, 15) is 0 Å². The Morgan fingerprint density at radius 1 is 1.11 bits per heavy atom. The van der Waals surface area contributed by atoms with Crippen molar-refractivity contribution in [1.29, 1.82) is 0 Å². The normalized spacial score (nSPS) is 19.0. The fourth-order valence-electron chi connectivity index (χ4n) is 3.66. The van der Waals surface area contributed by atoms with Gasteiger partial charge in [0.25, 0.3) is 0 Å². The summed E-state index contributed by atoms with van der Waals surface area (Å²) in [6, 6.07) is 2.03. The van der Waals surface area contributed by atoms with Gasteiger partial charge in [0.15, 0.2) is 5.79 Å². The number of aryl methyl sites for hydroxylation is 1. The van der Waals surface area contributed by atoms with Gasteiger partial charge < -0.3 is 14.0 Å². The van der Waals surface area contributed by atoms with Crippen LogP contribution in [0.5, 0.6) is 0 Å².